The molecule has 0 spiro atoms. The van der Waals surface area contributed by atoms with Crippen molar-refractivity contribution in [2.75, 3.05) is 26.4 Å². The molecule has 2 rings (SSSR count). The Morgan fingerprint density at radius 3 is 1.26 bits per heavy atom. The molecule has 0 heterocycles. The summed E-state index contributed by atoms with van der Waals surface area (Å²) in [7, 11) is 0. The lowest BCUT2D eigenvalue weighted by atomic mass is 10.1. The minimum absolute atomic E-state index is 0.535. The fourth-order valence-electron chi connectivity index (χ4n) is 3.60. The van der Waals surface area contributed by atoms with Crippen LogP contribution in [0.1, 0.15) is 85.9 Å². The van der Waals surface area contributed by atoms with Crippen LogP contribution in [0.25, 0.3) is 0 Å². The average molecular weight is 471 g/mol. The summed E-state index contributed by atoms with van der Waals surface area (Å²) in [4.78, 5) is 21.9. The van der Waals surface area contributed by atoms with Gasteiger partial charge >= 0.3 is 0 Å². The van der Waals surface area contributed by atoms with E-state index in [0.29, 0.717) is 60.6 Å². The predicted molar refractivity (Wildman–Crippen MR) is 134 cm³/mol. The molecule has 0 aromatic heterocycles. The normalized spacial score (nSPS) is 10.5. The molecule has 0 aliphatic carbocycles. The van der Waals surface area contributed by atoms with E-state index in [1.807, 2.05) is 13.8 Å². The van der Waals surface area contributed by atoms with Gasteiger partial charge in [-0.3, -0.25) is 9.59 Å². The fraction of sp³-hybridized carbons (Fsp3) is 0.500. The molecule has 6 heteroatoms. The Kier molecular flexibility index (Phi) is 13.3. The number of hydrogen-bond donors (Lipinski definition) is 0. The Labute approximate surface area is 203 Å². The third-order valence-corrected chi connectivity index (χ3v) is 5.36. The third kappa shape index (κ3) is 9.86. The predicted octanol–water partition coefficient (Wildman–Crippen LogP) is 6.69. The molecule has 0 unspecified atom stereocenters. The SMILES string of the molecule is CCOc1cc(C=O)ccc1OCCCCCCCCCCOc1ccc(C=O)cc1OCC. The number of benzene rings is 2. The lowest BCUT2D eigenvalue weighted by molar-refractivity contribution is 0.111. The van der Waals surface area contributed by atoms with Crippen LogP contribution in [0.5, 0.6) is 23.0 Å². The second-order valence-electron chi connectivity index (χ2n) is 8.04. The molecule has 0 aliphatic rings. The van der Waals surface area contributed by atoms with Gasteiger partial charge in [-0.25, -0.2) is 0 Å². The van der Waals surface area contributed by atoms with E-state index in [2.05, 4.69) is 0 Å². The Balaban J connectivity index is 1.51. The first-order chi connectivity index (χ1) is 16.7. The standard InChI is InChI=1S/C28H38O6/c1-3-31-27-19-23(21-29)13-15-25(27)33-17-11-9-7-5-6-8-10-12-18-34-26-16-14-24(22-30)20-28(26)32-4-2/h13-16,19-22H,3-12,17-18H2,1-2H3. The van der Waals surface area contributed by atoms with E-state index < -0.39 is 0 Å². The van der Waals surface area contributed by atoms with Gasteiger partial charge in [-0.05, 0) is 63.1 Å². The van der Waals surface area contributed by atoms with Crippen LogP contribution < -0.4 is 18.9 Å². The molecule has 0 radical (unpaired) electrons. The molecule has 0 amide bonds. The van der Waals surface area contributed by atoms with E-state index in [1.165, 1.54) is 25.7 Å². The van der Waals surface area contributed by atoms with Gasteiger partial charge in [0.1, 0.15) is 12.6 Å². The Bertz CT molecular complexity index is 792. The van der Waals surface area contributed by atoms with Crippen LogP contribution in [0.4, 0.5) is 0 Å². The summed E-state index contributed by atoms with van der Waals surface area (Å²) in [5.74, 6) is 2.65. The zero-order valence-electron chi connectivity index (χ0n) is 20.6. The zero-order chi connectivity index (χ0) is 24.4. The largest absolute Gasteiger partial charge is 0.490 e. The maximum atomic E-state index is 10.9. The number of carbonyl (C=O) groups is 2. The lowest BCUT2D eigenvalue weighted by Gasteiger charge is -2.12. The number of rotatable bonds is 19. The van der Waals surface area contributed by atoms with Gasteiger partial charge in [0.25, 0.3) is 0 Å². The van der Waals surface area contributed by atoms with Gasteiger partial charge in [0.05, 0.1) is 26.4 Å². The smallest absolute Gasteiger partial charge is 0.161 e. The fourth-order valence-corrected chi connectivity index (χ4v) is 3.60. The van der Waals surface area contributed by atoms with E-state index in [4.69, 9.17) is 18.9 Å². The maximum absolute atomic E-state index is 10.9. The monoisotopic (exact) mass is 470 g/mol. The van der Waals surface area contributed by atoms with Crippen molar-refractivity contribution in [1.82, 2.24) is 0 Å². The van der Waals surface area contributed by atoms with Gasteiger partial charge in [-0.15, -0.1) is 0 Å². The molecule has 0 aliphatic heterocycles. The van der Waals surface area contributed by atoms with Crippen LogP contribution >= 0.6 is 0 Å². The average Bonchev–Trinajstić information content (AvgIpc) is 2.86. The minimum Gasteiger partial charge on any atom is -0.490 e. The molecular weight excluding hydrogens is 432 g/mol. The molecule has 34 heavy (non-hydrogen) atoms. The molecule has 0 atom stereocenters. The van der Waals surface area contributed by atoms with Crippen LogP contribution in [-0.4, -0.2) is 39.0 Å². The molecule has 0 bridgehead atoms. The molecule has 2 aromatic rings. The molecule has 0 fully saturated rings. The van der Waals surface area contributed by atoms with Crippen LogP contribution in [0.15, 0.2) is 36.4 Å². The minimum atomic E-state index is 0.535. The van der Waals surface area contributed by atoms with E-state index in [1.54, 1.807) is 36.4 Å². The van der Waals surface area contributed by atoms with Crippen molar-refractivity contribution in [2.24, 2.45) is 0 Å². The summed E-state index contributed by atoms with van der Waals surface area (Å²) >= 11 is 0. The number of hydrogen-bond acceptors (Lipinski definition) is 6. The van der Waals surface area contributed by atoms with Crippen LogP contribution in [0.3, 0.4) is 0 Å². The summed E-state index contributed by atoms with van der Waals surface area (Å²) < 4.78 is 22.8. The van der Waals surface area contributed by atoms with Crippen molar-refractivity contribution in [3.8, 4) is 23.0 Å². The van der Waals surface area contributed by atoms with Crippen molar-refractivity contribution < 1.29 is 28.5 Å². The van der Waals surface area contributed by atoms with E-state index in [0.717, 1.165) is 38.3 Å². The van der Waals surface area contributed by atoms with Gasteiger partial charge in [-0.2, -0.15) is 0 Å². The molecule has 186 valence electrons. The van der Waals surface area contributed by atoms with E-state index >= 15 is 0 Å². The Hall–Kier alpha value is -3.02. The van der Waals surface area contributed by atoms with Crippen molar-refractivity contribution in [2.45, 2.75) is 65.2 Å². The van der Waals surface area contributed by atoms with Gasteiger partial charge in [0.2, 0.25) is 0 Å². The lowest BCUT2D eigenvalue weighted by Crippen LogP contribution is -2.02. The first-order valence-electron chi connectivity index (χ1n) is 12.4. The summed E-state index contributed by atoms with van der Waals surface area (Å²) in [6.07, 6.45) is 10.7. The topological polar surface area (TPSA) is 71.1 Å². The molecule has 0 saturated carbocycles. The van der Waals surface area contributed by atoms with Crippen molar-refractivity contribution in [1.29, 1.82) is 0 Å². The Morgan fingerprint density at radius 1 is 0.529 bits per heavy atom. The molecular formula is C28H38O6. The number of ether oxygens (including phenoxy) is 4. The van der Waals surface area contributed by atoms with E-state index in [-0.39, 0.29) is 0 Å². The highest BCUT2D eigenvalue weighted by molar-refractivity contribution is 5.76. The van der Waals surface area contributed by atoms with Gasteiger partial charge in [-0.1, -0.05) is 38.5 Å². The van der Waals surface area contributed by atoms with Crippen molar-refractivity contribution in [3.05, 3.63) is 47.5 Å². The third-order valence-electron chi connectivity index (χ3n) is 5.36. The molecule has 6 nitrogen and oxygen atoms in total. The summed E-state index contributed by atoms with van der Waals surface area (Å²) in [5.41, 5.74) is 1.18. The molecule has 2 aromatic carbocycles. The van der Waals surface area contributed by atoms with Crippen molar-refractivity contribution >= 4 is 12.6 Å². The van der Waals surface area contributed by atoms with Crippen molar-refractivity contribution in [3.63, 3.8) is 0 Å². The summed E-state index contributed by atoms with van der Waals surface area (Å²) in [5, 5.41) is 0. The highest BCUT2D eigenvalue weighted by atomic mass is 16.5. The zero-order valence-corrected chi connectivity index (χ0v) is 20.6. The van der Waals surface area contributed by atoms with Gasteiger partial charge in [0.15, 0.2) is 23.0 Å². The first-order valence-corrected chi connectivity index (χ1v) is 12.4. The van der Waals surface area contributed by atoms with Gasteiger partial charge < -0.3 is 18.9 Å². The van der Waals surface area contributed by atoms with E-state index in [9.17, 15) is 9.59 Å². The highest BCUT2D eigenvalue weighted by Crippen LogP contribution is 2.29. The molecule has 0 saturated heterocycles. The van der Waals surface area contributed by atoms with Crippen LogP contribution in [-0.2, 0) is 0 Å². The number of aldehydes is 2. The van der Waals surface area contributed by atoms with Crippen LogP contribution in [0.2, 0.25) is 0 Å². The molecule has 0 N–H and O–H groups in total. The van der Waals surface area contributed by atoms with Gasteiger partial charge in [0, 0.05) is 11.1 Å². The summed E-state index contributed by atoms with van der Waals surface area (Å²) in [6, 6.07) is 10.5. The first kappa shape index (κ1) is 27.2. The second-order valence-corrected chi connectivity index (χ2v) is 8.04. The summed E-state index contributed by atoms with van der Waals surface area (Å²) in [6.45, 7) is 6.19. The quantitative estimate of drug-likeness (QED) is 0.168. The maximum Gasteiger partial charge on any atom is 0.161 e. The highest BCUT2D eigenvalue weighted by Gasteiger charge is 2.07. The second kappa shape index (κ2) is 16.6. The number of carbonyl (C=O) groups excluding carboxylic acids is 2. The number of unbranched alkanes of at least 4 members (excludes halogenated alkanes) is 7. The Morgan fingerprint density at radius 2 is 0.912 bits per heavy atom. The van der Waals surface area contributed by atoms with Crippen LogP contribution in [0, 0.1) is 0 Å².